The zero-order valence-electron chi connectivity index (χ0n) is 16.2. The first-order chi connectivity index (χ1) is 14.0. The highest BCUT2D eigenvalue weighted by molar-refractivity contribution is 7.99. The molecule has 0 fully saturated rings. The lowest BCUT2D eigenvalue weighted by Gasteiger charge is -2.14. The Morgan fingerprint density at radius 2 is 2.03 bits per heavy atom. The van der Waals surface area contributed by atoms with Crippen LogP contribution in [0.3, 0.4) is 0 Å². The Kier molecular flexibility index (Phi) is 6.85. The van der Waals surface area contributed by atoms with Crippen molar-refractivity contribution in [2.24, 2.45) is 0 Å². The number of ether oxygens (including phenoxy) is 1. The monoisotopic (exact) mass is 410 g/mol. The number of hydrogen-bond acceptors (Lipinski definition) is 6. The molecule has 0 aliphatic rings. The number of carbonyl (C=O) groups is 1. The van der Waals surface area contributed by atoms with Gasteiger partial charge in [-0.1, -0.05) is 54.2 Å². The fraction of sp³-hybridized carbons (Fsp3) is 0.227. The Hall–Kier alpha value is -2.90. The van der Waals surface area contributed by atoms with Crippen LogP contribution in [0.4, 0.5) is 0 Å². The summed E-state index contributed by atoms with van der Waals surface area (Å²) in [7, 11) is 1.31. The van der Waals surface area contributed by atoms with Gasteiger partial charge in [0.15, 0.2) is 5.16 Å². The number of methoxy groups -OCH3 is 1. The second-order valence-corrected chi connectivity index (χ2v) is 7.49. The van der Waals surface area contributed by atoms with Gasteiger partial charge in [0.05, 0.1) is 36.2 Å². The van der Waals surface area contributed by atoms with Crippen molar-refractivity contribution >= 4 is 34.7 Å². The zero-order chi connectivity index (χ0) is 20.8. The molecule has 0 saturated carbocycles. The van der Waals surface area contributed by atoms with Gasteiger partial charge in [-0.15, -0.1) is 0 Å². The quantitative estimate of drug-likeness (QED) is 0.365. The van der Waals surface area contributed by atoms with Crippen molar-refractivity contribution in [3.63, 3.8) is 0 Å². The SMILES string of the molecule is COC(=O)c1ccc2c(=O)n(C[C@@H](C)O)c(SC/C=C/c3ccccc3)nc2c1. The van der Waals surface area contributed by atoms with Crippen LogP contribution in [0.2, 0.25) is 0 Å². The lowest BCUT2D eigenvalue weighted by Crippen LogP contribution is -2.28. The van der Waals surface area contributed by atoms with Crippen LogP contribution in [-0.4, -0.2) is 39.6 Å². The van der Waals surface area contributed by atoms with Gasteiger partial charge in [0.2, 0.25) is 0 Å². The van der Waals surface area contributed by atoms with Gasteiger partial charge in [-0.05, 0) is 30.7 Å². The Morgan fingerprint density at radius 3 is 2.72 bits per heavy atom. The minimum absolute atomic E-state index is 0.144. The number of benzene rings is 2. The Bertz CT molecular complexity index is 1090. The molecule has 1 aromatic heterocycles. The Labute approximate surface area is 172 Å². The third-order valence-corrected chi connectivity index (χ3v) is 5.14. The molecule has 29 heavy (non-hydrogen) atoms. The van der Waals surface area contributed by atoms with Crippen molar-refractivity contribution in [3.05, 3.63) is 76.1 Å². The molecule has 150 valence electrons. The summed E-state index contributed by atoms with van der Waals surface area (Å²) in [6, 6.07) is 14.6. The molecule has 1 atom stereocenters. The van der Waals surface area contributed by atoms with Crippen molar-refractivity contribution in [2.75, 3.05) is 12.9 Å². The van der Waals surface area contributed by atoms with E-state index in [0.29, 0.717) is 27.4 Å². The maximum Gasteiger partial charge on any atom is 0.337 e. The average Bonchev–Trinajstić information content (AvgIpc) is 2.73. The highest BCUT2D eigenvalue weighted by Crippen LogP contribution is 2.20. The molecule has 0 amide bonds. The van der Waals surface area contributed by atoms with E-state index in [-0.39, 0.29) is 12.1 Å². The molecule has 1 N–H and O–H groups in total. The summed E-state index contributed by atoms with van der Waals surface area (Å²) in [4.78, 5) is 29.3. The molecule has 0 aliphatic carbocycles. The average molecular weight is 410 g/mol. The number of aliphatic hydroxyl groups excluding tert-OH is 1. The van der Waals surface area contributed by atoms with Gasteiger partial charge < -0.3 is 9.84 Å². The van der Waals surface area contributed by atoms with Crippen LogP contribution in [0.1, 0.15) is 22.8 Å². The molecule has 0 radical (unpaired) electrons. The smallest absolute Gasteiger partial charge is 0.337 e. The minimum atomic E-state index is -0.694. The van der Waals surface area contributed by atoms with Crippen molar-refractivity contribution in [1.82, 2.24) is 9.55 Å². The molecular weight excluding hydrogens is 388 g/mol. The number of nitrogens with zero attached hydrogens (tertiary/aromatic N) is 2. The van der Waals surface area contributed by atoms with Gasteiger partial charge in [0.1, 0.15) is 0 Å². The Morgan fingerprint density at radius 1 is 1.28 bits per heavy atom. The largest absolute Gasteiger partial charge is 0.465 e. The normalized spacial score (nSPS) is 12.4. The molecule has 2 aromatic carbocycles. The van der Waals surface area contributed by atoms with E-state index < -0.39 is 12.1 Å². The van der Waals surface area contributed by atoms with E-state index in [1.807, 2.05) is 42.5 Å². The predicted octanol–water partition coefficient (Wildman–Crippen LogP) is 3.37. The molecule has 0 unspecified atom stereocenters. The number of thioether (sulfide) groups is 1. The third kappa shape index (κ3) is 5.13. The van der Waals surface area contributed by atoms with Crippen LogP contribution < -0.4 is 5.56 Å². The molecule has 0 saturated heterocycles. The van der Waals surface area contributed by atoms with E-state index >= 15 is 0 Å². The predicted molar refractivity (Wildman–Crippen MR) is 115 cm³/mol. The maximum atomic E-state index is 13.0. The number of aromatic nitrogens is 2. The van der Waals surface area contributed by atoms with Gasteiger partial charge in [0, 0.05) is 5.75 Å². The number of hydrogen-bond donors (Lipinski definition) is 1. The molecule has 0 bridgehead atoms. The fourth-order valence-electron chi connectivity index (χ4n) is 2.85. The van der Waals surface area contributed by atoms with Crippen LogP contribution in [0.5, 0.6) is 0 Å². The standard InChI is InChI=1S/C22H22N2O4S/c1-15(25)14-24-20(26)18-11-10-17(21(27)28-2)13-19(18)23-22(24)29-12-6-9-16-7-4-3-5-8-16/h3-11,13,15,25H,12,14H2,1-2H3/b9-6+/t15-/m1/s1. The lowest BCUT2D eigenvalue weighted by molar-refractivity contribution is 0.0601. The van der Waals surface area contributed by atoms with Crippen molar-refractivity contribution in [3.8, 4) is 0 Å². The van der Waals surface area contributed by atoms with Crippen molar-refractivity contribution in [1.29, 1.82) is 0 Å². The van der Waals surface area contributed by atoms with Crippen LogP contribution in [-0.2, 0) is 11.3 Å². The summed E-state index contributed by atoms with van der Waals surface area (Å²) in [5.41, 5.74) is 1.60. The molecule has 7 heteroatoms. The van der Waals surface area contributed by atoms with E-state index in [1.54, 1.807) is 25.1 Å². The third-order valence-electron chi connectivity index (χ3n) is 4.21. The van der Waals surface area contributed by atoms with Crippen molar-refractivity contribution in [2.45, 2.75) is 24.7 Å². The molecule has 3 aromatic rings. The fourth-order valence-corrected chi connectivity index (χ4v) is 3.67. The number of esters is 1. The van der Waals surface area contributed by atoms with Gasteiger partial charge in [-0.2, -0.15) is 0 Å². The van der Waals surface area contributed by atoms with Crippen LogP contribution in [0, 0.1) is 0 Å². The van der Waals surface area contributed by atoms with Gasteiger partial charge in [-0.25, -0.2) is 9.78 Å². The summed E-state index contributed by atoms with van der Waals surface area (Å²) in [5, 5.41) is 10.7. The number of fused-ring (bicyclic) bond motifs is 1. The highest BCUT2D eigenvalue weighted by Gasteiger charge is 2.15. The van der Waals surface area contributed by atoms with Gasteiger partial charge >= 0.3 is 5.97 Å². The van der Waals surface area contributed by atoms with E-state index in [0.717, 1.165) is 5.56 Å². The topological polar surface area (TPSA) is 81.4 Å². The summed E-state index contributed by atoms with van der Waals surface area (Å²) in [6.45, 7) is 1.77. The highest BCUT2D eigenvalue weighted by atomic mass is 32.2. The van der Waals surface area contributed by atoms with Crippen LogP contribution in [0.15, 0.2) is 64.6 Å². The van der Waals surface area contributed by atoms with E-state index in [1.165, 1.54) is 23.4 Å². The van der Waals surface area contributed by atoms with Crippen LogP contribution >= 0.6 is 11.8 Å². The van der Waals surface area contributed by atoms with Gasteiger partial charge in [-0.3, -0.25) is 9.36 Å². The summed E-state index contributed by atoms with van der Waals surface area (Å²) >= 11 is 1.40. The molecule has 0 spiro atoms. The molecule has 1 heterocycles. The second-order valence-electron chi connectivity index (χ2n) is 6.51. The zero-order valence-corrected chi connectivity index (χ0v) is 17.1. The lowest BCUT2D eigenvalue weighted by atomic mass is 10.1. The first-order valence-corrected chi connectivity index (χ1v) is 10.1. The Balaban J connectivity index is 1.94. The summed E-state index contributed by atoms with van der Waals surface area (Å²) in [5.74, 6) is 0.116. The number of rotatable bonds is 7. The van der Waals surface area contributed by atoms with Gasteiger partial charge in [0.25, 0.3) is 5.56 Å². The van der Waals surface area contributed by atoms with E-state index in [9.17, 15) is 14.7 Å². The number of carbonyl (C=O) groups excluding carboxylic acids is 1. The number of aliphatic hydroxyl groups is 1. The van der Waals surface area contributed by atoms with E-state index in [2.05, 4.69) is 4.98 Å². The van der Waals surface area contributed by atoms with Crippen molar-refractivity contribution < 1.29 is 14.6 Å². The minimum Gasteiger partial charge on any atom is -0.465 e. The summed E-state index contributed by atoms with van der Waals surface area (Å²) < 4.78 is 6.22. The molecular formula is C22H22N2O4S. The second kappa shape index (κ2) is 9.54. The first kappa shape index (κ1) is 20.8. The van der Waals surface area contributed by atoms with Crippen LogP contribution in [0.25, 0.3) is 17.0 Å². The molecule has 6 nitrogen and oxygen atoms in total. The maximum absolute atomic E-state index is 13.0. The first-order valence-electron chi connectivity index (χ1n) is 9.15. The molecule has 0 aliphatic heterocycles. The molecule has 3 rings (SSSR count). The van der Waals surface area contributed by atoms with E-state index in [4.69, 9.17) is 4.74 Å². The summed E-state index contributed by atoms with van der Waals surface area (Å²) in [6.07, 6.45) is 3.30.